The van der Waals surface area contributed by atoms with E-state index in [1.54, 1.807) is 12.1 Å². The number of fused-ring (bicyclic) bond motifs is 1. The Morgan fingerprint density at radius 1 is 1.00 bits per heavy atom. The van der Waals surface area contributed by atoms with Crippen LogP contribution in [0.2, 0.25) is 0 Å². The Labute approximate surface area is 172 Å². The summed E-state index contributed by atoms with van der Waals surface area (Å²) in [6.07, 6.45) is 2.03. The van der Waals surface area contributed by atoms with Gasteiger partial charge in [0.15, 0.2) is 5.76 Å². The first kappa shape index (κ1) is 19.3. The summed E-state index contributed by atoms with van der Waals surface area (Å²) < 4.78 is 7.05. The number of rotatable bonds is 6. The zero-order chi connectivity index (χ0) is 20.9. The average molecular weight is 403 g/mol. The van der Waals surface area contributed by atoms with Crippen LogP contribution in [0.1, 0.15) is 16.4 Å². The van der Waals surface area contributed by atoms with Crippen molar-refractivity contribution in [3.63, 3.8) is 0 Å². The maximum absolute atomic E-state index is 12.2. The summed E-state index contributed by atoms with van der Waals surface area (Å²) in [5, 5.41) is 8.41. The van der Waals surface area contributed by atoms with Crippen LogP contribution in [0.15, 0.2) is 71.3 Å². The van der Waals surface area contributed by atoms with E-state index in [9.17, 15) is 9.59 Å². The minimum Gasteiger partial charge on any atom is -0.459 e. The highest BCUT2D eigenvalue weighted by Gasteiger charge is 2.12. The number of aryl methyl sites for hydroxylation is 1. The van der Waals surface area contributed by atoms with E-state index in [4.69, 9.17) is 4.42 Å². The first-order valence-electron chi connectivity index (χ1n) is 9.50. The monoisotopic (exact) mass is 403 g/mol. The molecule has 0 fully saturated rings. The largest absolute Gasteiger partial charge is 0.459 e. The molecule has 2 aromatic heterocycles. The minimum absolute atomic E-state index is 0.255. The van der Waals surface area contributed by atoms with Gasteiger partial charge in [0.05, 0.1) is 17.3 Å². The number of para-hydroxylation sites is 1. The molecule has 0 unspecified atom stereocenters. The second-order valence-corrected chi connectivity index (χ2v) is 6.72. The third-order valence-corrected chi connectivity index (χ3v) is 4.64. The molecule has 0 saturated heterocycles. The normalized spacial score (nSPS) is 10.7. The number of carbonyl (C=O) groups is 2. The number of nitrogens with one attached hydrogen (secondary N) is 3. The van der Waals surface area contributed by atoms with E-state index in [1.165, 1.54) is 6.26 Å². The molecule has 0 aliphatic heterocycles. The van der Waals surface area contributed by atoms with Gasteiger partial charge < -0.3 is 24.9 Å². The third-order valence-electron chi connectivity index (χ3n) is 4.64. The average Bonchev–Trinajstić information content (AvgIpc) is 3.37. The Morgan fingerprint density at radius 3 is 2.57 bits per heavy atom. The number of hydrogen-bond donors (Lipinski definition) is 3. The van der Waals surface area contributed by atoms with Crippen LogP contribution in [-0.2, 0) is 13.5 Å². The fourth-order valence-corrected chi connectivity index (χ4v) is 3.15. The second-order valence-electron chi connectivity index (χ2n) is 6.72. The molecule has 4 aromatic rings. The summed E-state index contributed by atoms with van der Waals surface area (Å²) in [5.41, 5.74) is 3.07. The van der Waals surface area contributed by atoms with Crippen molar-refractivity contribution in [2.45, 2.75) is 6.42 Å². The Balaban J connectivity index is 1.39. The van der Waals surface area contributed by atoms with Gasteiger partial charge in [-0.15, -0.1) is 0 Å². The molecule has 0 atom stereocenters. The standard InChI is InChI=1S/C22H21N5O3/c1-27-18-10-9-16(25-22(29)24-15-6-3-2-4-7-15)14-17(18)26-20(27)11-12-23-21(28)19-8-5-13-30-19/h2-10,13-14H,11-12H2,1H3,(H,23,28)(H2,24,25,29). The van der Waals surface area contributed by atoms with Gasteiger partial charge in [-0.05, 0) is 42.5 Å². The molecule has 0 spiro atoms. The molecule has 0 saturated carbocycles. The maximum atomic E-state index is 12.2. The van der Waals surface area contributed by atoms with Crippen molar-refractivity contribution in [3.05, 3.63) is 78.5 Å². The van der Waals surface area contributed by atoms with Gasteiger partial charge in [-0.25, -0.2) is 9.78 Å². The van der Waals surface area contributed by atoms with Gasteiger partial charge in [-0.1, -0.05) is 18.2 Å². The molecule has 3 N–H and O–H groups in total. The minimum atomic E-state index is -0.322. The summed E-state index contributed by atoms with van der Waals surface area (Å²) in [6.45, 7) is 0.432. The number of amides is 3. The predicted octanol–water partition coefficient (Wildman–Crippen LogP) is 3.78. The highest BCUT2D eigenvalue weighted by atomic mass is 16.3. The molecule has 0 aliphatic rings. The smallest absolute Gasteiger partial charge is 0.323 e. The zero-order valence-corrected chi connectivity index (χ0v) is 16.4. The SMILES string of the molecule is Cn1c(CCNC(=O)c2ccco2)nc2cc(NC(=O)Nc3ccccc3)ccc21. The van der Waals surface area contributed by atoms with Gasteiger partial charge in [0.1, 0.15) is 5.82 Å². The lowest BCUT2D eigenvalue weighted by Gasteiger charge is -2.07. The number of carbonyl (C=O) groups excluding carboxylic acids is 2. The molecule has 3 amide bonds. The van der Waals surface area contributed by atoms with Gasteiger partial charge in [-0.2, -0.15) is 0 Å². The molecule has 2 aromatic carbocycles. The number of urea groups is 1. The number of imidazole rings is 1. The van der Waals surface area contributed by atoms with E-state index in [-0.39, 0.29) is 17.7 Å². The fourth-order valence-electron chi connectivity index (χ4n) is 3.15. The van der Waals surface area contributed by atoms with Crippen molar-refractivity contribution in [3.8, 4) is 0 Å². The predicted molar refractivity (Wildman–Crippen MR) is 115 cm³/mol. The Hall–Kier alpha value is -4.07. The van der Waals surface area contributed by atoms with Crippen LogP contribution < -0.4 is 16.0 Å². The first-order valence-corrected chi connectivity index (χ1v) is 9.50. The summed E-state index contributed by atoms with van der Waals surface area (Å²) in [6, 6.07) is 17.8. The molecule has 8 nitrogen and oxygen atoms in total. The van der Waals surface area contributed by atoms with Gasteiger partial charge in [0.25, 0.3) is 5.91 Å². The fraction of sp³-hybridized carbons (Fsp3) is 0.136. The molecular formula is C22H21N5O3. The van der Waals surface area contributed by atoms with Gasteiger partial charge in [0.2, 0.25) is 0 Å². The van der Waals surface area contributed by atoms with Crippen LogP contribution in [0.25, 0.3) is 11.0 Å². The summed E-state index contributed by atoms with van der Waals surface area (Å²) >= 11 is 0. The number of anilines is 2. The first-order chi connectivity index (χ1) is 14.6. The number of nitrogens with zero attached hydrogens (tertiary/aromatic N) is 2. The quantitative estimate of drug-likeness (QED) is 0.456. The number of hydrogen-bond acceptors (Lipinski definition) is 4. The van der Waals surface area contributed by atoms with Crippen LogP contribution in [0.4, 0.5) is 16.2 Å². The molecule has 2 heterocycles. The molecule has 4 rings (SSSR count). The zero-order valence-electron chi connectivity index (χ0n) is 16.4. The van der Waals surface area contributed by atoms with E-state index >= 15 is 0 Å². The summed E-state index contributed by atoms with van der Waals surface area (Å²) in [4.78, 5) is 28.8. The van der Waals surface area contributed by atoms with Crippen LogP contribution in [0.3, 0.4) is 0 Å². The van der Waals surface area contributed by atoms with Gasteiger partial charge in [0, 0.05) is 31.4 Å². The van der Waals surface area contributed by atoms with Crippen LogP contribution >= 0.6 is 0 Å². The van der Waals surface area contributed by atoms with Crippen molar-refractivity contribution in [2.75, 3.05) is 17.2 Å². The Kier molecular flexibility index (Phi) is 5.47. The Morgan fingerprint density at radius 2 is 1.80 bits per heavy atom. The highest BCUT2D eigenvalue weighted by molar-refractivity contribution is 6.00. The van der Waals surface area contributed by atoms with Crippen LogP contribution in [-0.4, -0.2) is 28.0 Å². The molecule has 0 bridgehead atoms. The molecule has 8 heteroatoms. The molecule has 30 heavy (non-hydrogen) atoms. The highest BCUT2D eigenvalue weighted by Crippen LogP contribution is 2.20. The summed E-state index contributed by atoms with van der Waals surface area (Å²) in [7, 11) is 1.92. The number of aromatic nitrogens is 2. The lowest BCUT2D eigenvalue weighted by Crippen LogP contribution is -2.25. The lowest BCUT2D eigenvalue weighted by molar-refractivity contribution is 0.0926. The van der Waals surface area contributed by atoms with E-state index in [1.807, 2.05) is 60.1 Å². The van der Waals surface area contributed by atoms with Crippen molar-refractivity contribution >= 4 is 34.3 Å². The van der Waals surface area contributed by atoms with E-state index in [0.717, 1.165) is 16.9 Å². The Bertz CT molecular complexity index is 1170. The molecule has 0 aliphatic carbocycles. The number of benzene rings is 2. The maximum Gasteiger partial charge on any atom is 0.323 e. The molecule has 0 radical (unpaired) electrons. The lowest BCUT2D eigenvalue weighted by atomic mass is 10.2. The van der Waals surface area contributed by atoms with Crippen molar-refractivity contribution in [1.29, 1.82) is 0 Å². The third kappa shape index (κ3) is 4.33. The van der Waals surface area contributed by atoms with Crippen LogP contribution in [0.5, 0.6) is 0 Å². The van der Waals surface area contributed by atoms with E-state index in [2.05, 4.69) is 20.9 Å². The molecular weight excluding hydrogens is 382 g/mol. The second kappa shape index (κ2) is 8.52. The van der Waals surface area contributed by atoms with Crippen LogP contribution in [0, 0.1) is 0 Å². The summed E-state index contributed by atoms with van der Waals surface area (Å²) in [5.74, 6) is 0.856. The van der Waals surface area contributed by atoms with E-state index < -0.39 is 0 Å². The van der Waals surface area contributed by atoms with Crippen molar-refractivity contribution < 1.29 is 14.0 Å². The number of furan rings is 1. The van der Waals surface area contributed by atoms with E-state index in [0.29, 0.717) is 24.3 Å². The van der Waals surface area contributed by atoms with Gasteiger partial charge >= 0.3 is 6.03 Å². The van der Waals surface area contributed by atoms with Gasteiger partial charge in [-0.3, -0.25) is 4.79 Å². The topological polar surface area (TPSA) is 101 Å². The van der Waals surface area contributed by atoms with Crippen molar-refractivity contribution in [1.82, 2.24) is 14.9 Å². The molecule has 152 valence electrons. The van der Waals surface area contributed by atoms with Crippen molar-refractivity contribution in [2.24, 2.45) is 7.05 Å².